The van der Waals surface area contributed by atoms with E-state index in [1.165, 1.54) is 0 Å². The molecule has 0 amide bonds. The van der Waals surface area contributed by atoms with Crippen LogP contribution >= 0.6 is 0 Å². The molecular weight excluding hydrogens is 125 g/mol. The zero-order chi connectivity index (χ0) is 7.56. The van der Waals surface area contributed by atoms with Gasteiger partial charge in [-0.25, -0.2) is 4.98 Å². The van der Waals surface area contributed by atoms with Crippen molar-refractivity contribution in [1.82, 2.24) is 4.98 Å². The van der Waals surface area contributed by atoms with Crippen LogP contribution in [0.2, 0.25) is 0 Å². The van der Waals surface area contributed by atoms with Gasteiger partial charge in [-0.15, -0.1) is 0 Å². The standard InChI is InChI=1S/C6H6BN3/c7-5-2-1-4(3-8)6(9)10-5/h1-2H,7H2,(H2,9,10). The Hall–Kier alpha value is -1.50. The Morgan fingerprint density at radius 1 is 1.60 bits per heavy atom. The zero-order valence-corrected chi connectivity index (χ0v) is 5.63. The summed E-state index contributed by atoms with van der Waals surface area (Å²) < 4.78 is 0. The van der Waals surface area contributed by atoms with Crippen LogP contribution in [-0.4, -0.2) is 12.8 Å². The molecule has 1 aromatic heterocycles. The third kappa shape index (κ3) is 1.08. The highest BCUT2D eigenvalue weighted by Gasteiger charge is 1.96. The smallest absolute Gasteiger partial charge is 0.164 e. The molecule has 0 saturated heterocycles. The predicted octanol–water partition coefficient (Wildman–Crippen LogP) is -1.21. The average molecular weight is 131 g/mol. The van der Waals surface area contributed by atoms with Gasteiger partial charge in [-0.05, 0) is 17.7 Å². The Labute approximate surface area is 59.9 Å². The van der Waals surface area contributed by atoms with Crippen molar-refractivity contribution in [3.63, 3.8) is 0 Å². The Bertz CT molecular complexity index is 290. The minimum atomic E-state index is 0.308. The number of anilines is 1. The van der Waals surface area contributed by atoms with Crippen molar-refractivity contribution in [2.75, 3.05) is 5.73 Å². The third-order valence-electron chi connectivity index (χ3n) is 1.18. The normalized spacial score (nSPS) is 8.70. The summed E-state index contributed by atoms with van der Waals surface area (Å²) in [5, 5.41) is 8.44. The van der Waals surface area contributed by atoms with Crippen LogP contribution in [0.5, 0.6) is 0 Å². The molecule has 0 fully saturated rings. The highest BCUT2D eigenvalue weighted by molar-refractivity contribution is 6.30. The molecular formula is C6H6BN3. The number of rotatable bonds is 0. The molecule has 0 aliphatic carbocycles. The molecule has 3 nitrogen and oxygen atoms in total. The van der Waals surface area contributed by atoms with Crippen molar-refractivity contribution in [3.8, 4) is 6.07 Å². The van der Waals surface area contributed by atoms with Crippen LogP contribution in [0, 0.1) is 11.3 Å². The molecule has 0 bridgehead atoms. The first kappa shape index (κ1) is 6.62. The minimum Gasteiger partial charge on any atom is -0.383 e. The van der Waals surface area contributed by atoms with Crippen molar-refractivity contribution in [2.24, 2.45) is 0 Å². The molecule has 1 aromatic rings. The number of hydrogen-bond donors (Lipinski definition) is 1. The SMILES string of the molecule is Bc1ccc(C#N)c(N)n1. The molecule has 1 heterocycles. The molecule has 4 heteroatoms. The van der Waals surface area contributed by atoms with E-state index in [1.807, 2.05) is 13.9 Å². The van der Waals surface area contributed by atoms with Crippen LogP contribution in [0.3, 0.4) is 0 Å². The first-order valence-corrected chi connectivity index (χ1v) is 2.87. The quantitative estimate of drug-likeness (QED) is 0.449. The first-order chi connectivity index (χ1) is 4.74. The van der Waals surface area contributed by atoms with Crippen LogP contribution in [0.25, 0.3) is 0 Å². The van der Waals surface area contributed by atoms with Crippen LogP contribution in [0.15, 0.2) is 12.1 Å². The van der Waals surface area contributed by atoms with E-state index in [-0.39, 0.29) is 0 Å². The van der Waals surface area contributed by atoms with Gasteiger partial charge in [-0.3, -0.25) is 0 Å². The van der Waals surface area contributed by atoms with E-state index in [0.717, 1.165) is 5.59 Å². The van der Waals surface area contributed by atoms with Gasteiger partial charge in [0.25, 0.3) is 0 Å². The van der Waals surface area contributed by atoms with Crippen molar-refractivity contribution in [1.29, 1.82) is 5.26 Å². The maximum atomic E-state index is 8.44. The molecule has 1 rings (SSSR count). The van der Waals surface area contributed by atoms with Crippen LogP contribution < -0.4 is 11.3 Å². The summed E-state index contributed by atoms with van der Waals surface area (Å²) in [5.41, 5.74) is 6.66. The lowest BCUT2D eigenvalue weighted by Gasteiger charge is -1.95. The summed E-state index contributed by atoms with van der Waals surface area (Å²) in [6, 6.07) is 5.36. The van der Waals surface area contributed by atoms with E-state index in [2.05, 4.69) is 4.98 Å². The van der Waals surface area contributed by atoms with E-state index < -0.39 is 0 Å². The summed E-state index contributed by atoms with van der Waals surface area (Å²) in [5.74, 6) is 0.308. The van der Waals surface area contributed by atoms with Gasteiger partial charge < -0.3 is 5.73 Å². The monoisotopic (exact) mass is 131 g/mol. The van der Waals surface area contributed by atoms with Crippen molar-refractivity contribution in [2.45, 2.75) is 0 Å². The fourth-order valence-electron chi connectivity index (χ4n) is 0.671. The van der Waals surface area contributed by atoms with E-state index >= 15 is 0 Å². The third-order valence-corrected chi connectivity index (χ3v) is 1.18. The molecule has 0 aliphatic heterocycles. The highest BCUT2D eigenvalue weighted by Crippen LogP contribution is 2.01. The average Bonchev–Trinajstić information content (AvgIpc) is 1.88. The lowest BCUT2D eigenvalue weighted by atomic mass is 10.0. The van der Waals surface area contributed by atoms with Crippen LogP contribution in [0.1, 0.15) is 5.56 Å². The van der Waals surface area contributed by atoms with E-state index in [9.17, 15) is 0 Å². The molecule has 10 heavy (non-hydrogen) atoms. The molecule has 0 spiro atoms. The molecule has 0 radical (unpaired) electrons. The fraction of sp³-hybridized carbons (Fsp3) is 0. The number of hydrogen-bond acceptors (Lipinski definition) is 3. The van der Waals surface area contributed by atoms with Crippen molar-refractivity contribution >= 4 is 19.3 Å². The summed E-state index contributed by atoms with van der Waals surface area (Å²) in [7, 11) is 1.83. The van der Waals surface area contributed by atoms with Crippen LogP contribution in [0.4, 0.5) is 5.82 Å². The maximum absolute atomic E-state index is 8.44. The highest BCUT2D eigenvalue weighted by atomic mass is 14.8. The molecule has 0 aliphatic rings. The first-order valence-electron chi connectivity index (χ1n) is 2.87. The number of aromatic nitrogens is 1. The summed E-state index contributed by atoms with van der Waals surface area (Å²) >= 11 is 0. The number of nitriles is 1. The molecule has 0 saturated carbocycles. The molecule has 0 unspecified atom stereocenters. The van der Waals surface area contributed by atoms with Crippen molar-refractivity contribution in [3.05, 3.63) is 17.7 Å². The van der Waals surface area contributed by atoms with Gasteiger partial charge >= 0.3 is 0 Å². The van der Waals surface area contributed by atoms with E-state index in [0.29, 0.717) is 11.4 Å². The van der Waals surface area contributed by atoms with Crippen molar-refractivity contribution < 1.29 is 0 Å². The second kappa shape index (κ2) is 2.40. The largest absolute Gasteiger partial charge is 0.383 e. The molecule has 2 N–H and O–H groups in total. The molecule has 0 atom stereocenters. The van der Waals surface area contributed by atoms with Gasteiger partial charge in [0.15, 0.2) is 7.85 Å². The number of nitrogens with zero attached hydrogens (tertiary/aromatic N) is 2. The van der Waals surface area contributed by atoms with Gasteiger partial charge in [0.1, 0.15) is 11.9 Å². The summed E-state index contributed by atoms with van der Waals surface area (Å²) in [6.45, 7) is 0. The lowest BCUT2D eigenvalue weighted by molar-refractivity contribution is 1.36. The van der Waals surface area contributed by atoms with E-state index in [1.54, 1.807) is 12.1 Å². The summed E-state index contributed by atoms with van der Waals surface area (Å²) in [6.07, 6.45) is 0. The second-order valence-electron chi connectivity index (χ2n) is 2.00. The Kier molecular flexibility index (Phi) is 1.59. The summed E-state index contributed by atoms with van der Waals surface area (Å²) in [4.78, 5) is 3.90. The molecule has 48 valence electrons. The van der Waals surface area contributed by atoms with Gasteiger partial charge in [-0.1, -0.05) is 0 Å². The number of pyridine rings is 1. The van der Waals surface area contributed by atoms with E-state index in [4.69, 9.17) is 11.0 Å². The number of nitrogens with two attached hydrogens (primary N) is 1. The number of nitrogen functional groups attached to an aromatic ring is 1. The fourth-order valence-corrected chi connectivity index (χ4v) is 0.671. The van der Waals surface area contributed by atoms with Gasteiger partial charge in [0, 0.05) is 0 Å². The Morgan fingerprint density at radius 3 is 2.80 bits per heavy atom. The predicted molar refractivity (Wildman–Crippen MR) is 41.5 cm³/mol. The maximum Gasteiger partial charge on any atom is 0.164 e. The topological polar surface area (TPSA) is 62.7 Å². The zero-order valence-electron chi connectivity index (χ0n) is 5.63. The Balaban J connectivity index is 3.23. The molecule has 0 aromatic carbocycles. The minimum absolute atomic E-state index is 0.308. The second-order valence-corrected chi connectivity index (χ2v) is 2.00. The lowest BCUT2D eigenvalue weighted by Crippen LogP contribution is -2.10. The van der Waals surface area contributed by atoms with Gasteiger partial charge in [0.05, 0.1) is 5.56 Å². The van der Waals surface area contributed by atoms with Crippen LogP contribution in [-0.2, 0) is 0 Å². The van der Waals surface area contributed by atoms with Gasteiger partial charge in [0.2, 0.25) is 0 Å². The van der Waals surface area contributed by atoms with Gasteiger partial charge in [-0.2, -0.15) is 5.26 Å². The Morgan fingerprint density at radius 2 is 2.30 bits per heavy atom.